The number of esters is 1. The lowest BCUT2D eigenvalue weighted by atomic mass is 9.94. The maximum atomic E-state index is 13.1. The lowest BCUT2D eigenvalue weighted by Crippen LogP contribution is -2.40. The van der Waals surface area contributed by atoms with Gasteiger partial charge in [0.1, 0.15) is 0 Å². The van der Waals surface area contributed by atoms with Gasteiger partial charge in [0.2, 0.25) is 0 Å². The number of nitro benzene ring substituents is 1. The van der Waals surface area contributed by atoms with Crippen LogP contribution in [0.2, 0.25) is 0 Å². The molecule has 4 aromatic carbocycles. The minimum atomic E-state index is -0.781. The first-order chi connectivity index (χ1) is 17.8. The number of ether oxygens (including phenoxy) is 1. The van der Waals surface area contributed by atoms with Gasteiger partial charge in [-0.3, -0.25) is 24.5 Å². The van der Waals surface area contributed by atoms with Gasteiger partial charge in [0.15, 0.2) is 6.61 Å². The van der Waals surface area contributed by atoms with E-state index in [1.54, 1.807) is 24.3 Å². The topological polar surface area (TPSA) is 136 Å². The van der Waals surface area contributed by atoms with Crippen LogP contribution in [0, 0.1) is 10.1 Å². The summed E-state index contributed by atoms with van der Waals surface area (Å²) in [6.45, 7) is -0.582. The molecule has 182 valence electrons. The smallest absolute Gasteiger partial charge is 0.338 e. The molecule has 3 amide bonds. The third-order valence-electron chi connectivity index (χ3n) is 5.83. The molecule has 0 atom stereocenters. The van der Waals surface area contributed by atoms with Gasteiger partial charge in [-0.2, -0.15) is 0 Å². The molecule has 0 saturated carbocycles. The monoisotopic (exact) mass is 495 g/mol. The summed E-state index contributed by atoms with van der Waals surface area (Å²) < 4.78 is 5.03. The van der Waals surface area contributed by atoms with Crippen LogP contribution in [0.1, 0.15) is 31.1 Å². The number of anilines is 2. The molecule has 10 heteroatoms. The summed E-state index contributed by atoms with van der Waals surface area (Å²) in [4.78, 5) is 62.0. The van der Waals surface area contributed by atoms with E-state index in [2.05, 4.69) is 5.32 Å². The molecule has 0 spiro atoms. The number of rotatable bonds is 6. The van der Waals surface area contributed by atoms with Gasteiger partial charge in [0, 0.05) is 34.3 Å². The van der Waals surface area contributed by atoms with Crippen LogP contribution in [-0.4, -0.2) is 35.2 Å². The summed E-state index contributed by atoms with van der Waals surface area (Å²) in [6, 6.07) is 21.4. The molecule has 0 saturated heterocycles. The Morgan fingerprint density at radius 2 is 1.43 bits per heavy atom. The molecule has 10 nitrogen and oxygen atoms in total. The maximum Gasteiger partial charge on any atom is 0.338 e. The van der Waals surface area contributed by atoms with Crippen molar-refractivity contribution in [3.8, 4) is 0 Å². The van der Waals surface area contributed by atoms with Crippen molar-refractivity contribution in [3.63, 3.8) is 0 Å². The molecule has 0 aromatic heterocycles. The Hall–Kier alpha value is -5.38. The van der Waals surface area contributed by atoms with E-state index in [-0.39, 0.29) is 16.9 Å². The number of hydrogen-bond donors (Lipinski definition) is 1. The number of nitrogens with one attached hydrogen (secondary N) is 1. The molecular weight excluding hydrogens is 478 g/mol. The summed E-state index contributed by atoms with van der Waals surface area (Å²) in [6.07, 6.45) is 0. The van der Waals surface area contributed by atoms with Gasteiger partial charge >= 0.3 is 5.97 Å². The highest BCUT2D eigenvalue weighted by molar-refractivity contribution is 6.35. The molecule has 1 N–H and O–H groups in total. The van der Waals surface area contributed by atoms with Crippen molar-refractivity contribution in [3.05, 3.63) is 112 Å². The van der Waals surface area contributed by atoms with E-state index < -0.39 is 35.2 Å². The molecule has 5 rings (SSSR count). The Balaban J connectivity index is 1.25. The zero-order valence-electron chi connectivity index (χ0n) is 19.0. The van der Waals surface area contributed by atoms with Crippen molar-refractivity contribution in [1.29, 1.82) is 0 Å². The second kappa shape index (κ2) is 9.34. The van der Waals surface area contributed by atoms with Crippen molar-refractivity contribution in [2.75, 3.05) is 16.8 Å². The first-order valence-electron chi connectivity index (χ1n) is 11.1. The van der Waals surface area contributed by atoms with Gasteiger partial charge < -0.3 is 10.1 Å². The van der Waals surface area contributed by atoms with Crippen molar-refractivity contribution in [2.45, 2.75) is 0 Å². The Kier molecular flexibility index (Phi) is 5.90. The Morgan fingerprint density at radius 3 is 2.00 bits per heavy atom. The average Bonchev–Trinajstić information content (AvgIpc) is 2.91. The van der Waals surface area contributed by atoms with E-state index >= 15 is 0 Å². The van der Waals surface area contributed by atoms with E-state index in [0.29, 0.717) is 22.2 Å². The summed E-state index contributed by atoms with van der Waals surface area (Å²) >= 11 is 0. The lowest BCUT2D eigenvalue weighted by molar-refractivity contribution is -0.384. The Morgan fingerprint density at radius 1 is 0.838 bits per heavy atom. The summed E-state index contributed by atoms with van der Waals surface area (Å²) in [5.41, 5.74) is 1.41. The number of non-ortho nitro benzene ring substituents is 1. The first kappa shape index (κ1) is 23.4. The minimum absolute atomic E-state index is 0.117. The molecule has 1 aliphatic heterocycles. The zero-order chi connectivity index (χ0) is 26.1. The molecule has 0 radical (unpaired) electrons. The molecule has 0 aliphatic carbocycles. The molecule has 0 unspecified atom stereocenters. The lowest BCUT2D eigenvalue weighted by Gasteiger charge is -2.27. The van der Waals surface area contributed by atoms with Crippen molar-refractivity contribution in [1.82, 2.24) is 0 Å². The maximum absolute atomic E-state index is 13.1. The summed E-state index contributed by atoms with van der Waals surface area (Å²) in [5, 5.41) is 14.6. The van der Waals surface area contributed by atoms with E-state index in [1.165, 1.54) is 48.5 Å². The van der Waals surface area contributed by atoms with Crippen LogP contribution in [0.5, 0.6) is 0 Å². The van der Waals surface area contributed by atoms with E-state index in [0.717, 1.165) is 10.3 Å². The highest BCUT2D eigenvalue weighted by atomic mass is 16.6. The van der Waals surface area contributed by atoms with Crippen LogP contribution in [0.4, 0.5) is 17.1 Å². The van der Waals surface area contributed by atoms with Crippen LogP contribution in [0.25, 0.3) is 10.8 Å². The molecule has 4 aromatic rings. The summed E-state index contributed by atoms with van der Waals surface area (Å²) in [5.74, 6) is -2.34. The van der Waals surface area contributed by atoms with Gasteiger partial charge in [-0.1, -0.05) is 24.3 Å². The van der Waals surface area contributed by atoms with Gasteiger partial charge in [-0.15, -0.1) is 0 Å². The molecule has 1 heterocycles. The minimum Gasteiger partial charge on any atom is -0.452 e. The fourth-order valence-corrected chi connectivity index (χ4v) is 4.09. The second-order valence-electron chi connectivity index (χ2n) is 8.13. The van der Waals surface area contributed by atoms with Gasteiger partial charge in [-0.05, 0) is 53.9 Å². The molecule has 1 aliphatic rings. The van der Waals surface area contributed by atoms with Crippen LogP contribution in [0.15, 0.2) is 84.9 Å². The van der Waals surface area contributed by atoms with Crippen LogP contribution in [-0.2, 0) is 9.53 Å². The number of nitrogens with zero attached hydrogens (tertiary/aromatic N) is 2. The van der Waals surface area contributed by atoms with E-state index in [4.69, 9.17) is 4.74 Å². The molecular formula is C27H17N3O7. The average molecular weight is 495 g/mol. The third-order valence-corrected chi connectivity index (χ3v) is 5.83. The number of amides is 3. The predicted octanol–water partition coefficient (Wildman–Crippen LogP) is 4.34. The molecule has 0 bridgehead atoms. The fraction of sp³-hybridized carbons (Fsp3) is 0.0370. The Labute approximate surface area is 209 Å². The highest BCUT2D eigenvalue weighted by Crippen LogP contribution is 2.32. The quantitative estimate of drug-likeness (QED) is 0.182. The number of hydrogen-bond acceptors (Lipinski definition) is 7. The first-order valence-corrected chi connectivity index (χ1v) is 11.1. The van der Waals surface area contributed by atoms with Crippen LogP contribution in [0.3, 0.4) is 0 Å². The van der Waals surface area contributed by atoms with Crippen LogP contribution < -0.4 is 10.2 Å². The number of imide groups is 1. The molecule has 37 heavy (non-hydrogen) atoms. The van der Waals surface area contributed by atoms with Crippen molar-refractivity contribution < 1.29 is 28.8 Å². The largest absolute Gasteiger partial charge is 0.452 e. The van der Waals surface area contributed by atoms with Crippen molar-refractivity contribution >= 4 is 51.5 Å². The zero-order valence-corrected chi connectivity index (χ0v) is 19.0. The number of benzene rings is 4. The second-order valence-corrected chi connectivity index (χ2v) is 8.13. The molecule has 0 fully saturated rings. The fourth-order valence-electron chi connectivity index (χ4n) is 4.09. The third kappa shape index (κ3) is 4.39. The summed E-state index contributed by atoms with van der Waals surface area (Å²) in [7, 11) is 0. The normalized spacial score (nSPS) is 12.4. The number of nitro groups is 1. The van der Waals surface area contributed by atoms with Gasteiger partial charge in [-0.25, -0.2) is 9.69 Å². The predicted molar refractivity (Wildman–Crippen MR) is 134 cm³/mol. The van der Waals surface area contributed by atoms with Crippen LogP contribution >= 0.6 is 0 Å². The Bertz CT molecular complexity index is 1540. The SMILES string of the molecule is O=C(COC(=O)c1ccc(N2C(=O)c3cccc4cccc(c34)C2=O)cc1)Nc1ccc([N+](=O)[O-])cc1. The number of carbonyl (C=O) groups excluding carboxylic acids is 4. The highest BCUT2D eigenvalue weighted by Gasteiger charge is 2.33. The van der Waals surface area contributed by atoms with Gasteiger partial charge in [0.25, 0.3) is 23.4 Å². The van der Waals surface area contributed by atoms with E-state index in [9.17, 15) is 29.3 Å². The van der Waals surface area contributed by atoms with E-state index in [1.807, 2.05) is 12.1 Å². The number of carbonyl (C=O) groups is 4. The van der Waals surface area contributed by atoms with Crippen molar-refractivity contribution in [2.24, 2.45) is 0 Å². The van der Waals surface area contributed by atoms with Gasteiger partial charge in [0.05, 0.1) is 16.2 Å². The standard InChI is InChI=1S/C27H17N3O7/c31-23(28-18-9-13-20(14-10-18)30(35)36)15-37-27(34)17-7-11-19(12-8-17)29-25(32)21-5-1-3-16-4-2-6-22(24(16)21)26(29)33/h1-14H,15H2,(H,28,31).